The topological polar surface area (TPSA) is 47.6 Å². The highest BCUT2D eigenvalue weighted by Gasteiger charge is 2.16. The van der Waals surface area contributed by atoms with Gasteiger partial charge >= 0.3 is 0 Å². The molecule has 0 saturated carbocycles. The van der Waals surface area contributed by atoms with Gasteiger partial charge in [0.1, 0.15) is 0 Å². The number of benzene rings is 2. The minimum Gasteiger partial charge on any atom is -0.492 e. The number of anilines is 1. The minimum absolute atomic E-state index is 0.225. The maximum absolute atomic E-state index is 12.5. The molecule has 0 aliphatic carbocycles. The van der Waals surface area contributed by atoms with Crippen molar-refractivity contribution in [2.45, 2.75) is 13.8 Å². The molecule has 0 aromatic heterocycles. The molecule has 1 amide bonds. The van der Waals surface area contributed by atoms with Gasteiger partial charge in [0.25, 0.3) is 5.91 Å². The molecule has 0 heterocycles. The normalized spacial score (nSPS) is 10.3. The van der Waals surface area contributed by atoms with Gasteiger partial charge in [-0.15, -0.1) is 0 Å². The molecule has 2 rings (SSSR count). The van der Waals surface area contributed by atoms with Crippen LogP contribution >= 0.6 is 34.2 Å². The lowest BCUT2D eigenvalue weighted by molar-refractivity contribution is 0.102. The quantitative estimate of drug-likeness (QED) is 0.665. The second-order valence-electron chi connectivity index (χ2n) is 4.84. The first kappa shape index (κ1) is 17.9. The first-order valence-electron chi connectivity index (χ1n) is 7.04. The zero-order valence-electron chi connectivity index (χ0n) is 13.1. The van der Waals surface area contributed by atoms with E-state index in [0.717, 1.165) is 9.13 Å². The van der Waals surface area contributed by atoms with Crippen molar-refractivity contribution in [2.24, 2.45) is 0 Å². The molecule has 0 aliphatic heterocycles. The monoisotopic (exact) mass is 445 g/mol. The van der Waals surface area contributed by atoms with Gasteiger partial charge in [-0.1, -0.05) is 17.7 Å². The van der Waals surface area contributed by atoms with Gasteiger partial charge in [-0.25, -0.2) is 0 Å². The van der Waals surface area contributed by atoms with E-state index in [0.29, 0.717) is 34.4 Å². The number of methoxy groups -OCH3 is 1. The second kappa shape index (κ2) is 7.88. The van der Waals surface area contributed by atoms with E-state index in [4.69, 9.17) is 21.1 Å². The Labute approximate surface area is 154 Å². The fraction of sp³-hybridized carbons (Fsp3) is 0.235. The van der Waals surface area contributed by atoms with E-state index in [1.165, 1.54) is 0 Å². The average molecular weight is 446 g/mol. The van der Waals surface area contributed by atoms with Crippen LogP contribution in [-0.2, 0) is 0 Å². The van der Waals surface area contributed by atoms with Crippen molar-refractivity contribution in [3.05, 3.63) is 50.1 Å². The zero-order valence-corrected chi connectivity index (χ0v) is 16.0. The van der Waals surface area contributed by atoms with Crippen molar-refractivity contribution in [2.75, 3.05) is 19.0 Å². The first-order valence-corrected chi connectivity index (χ1v) is 8.49. The Morgan fingerprint density at radius 2 is 2.04 bits per heavy atom. The van der Waals surface area contributed by atoms with E-state index >= 15 is 0 Å². The molecule has 0 aliphatic rings. The third-order valence-electron chi connectivity index (χ3n) is 3.22. The molecule has 0 unspecified atom stereocenters. The van der Waals surface area contributed by atoms with Crippen molar-refractivity contribution in [1.29, 1.82) is 0 Å². The molecule has 0 bridgehead atoms. The molecule has 6 heteroatoms. The van der Waals surface area contributed by atoms with Gasteiger partial charge in [0.15, 0.2) is 11.5 Å². The van der Waals surface area contributed by atoms with Crippen molar-refractivity contribution in [3.63, 3.8) is 0 Å². The molecule has 4 nitrogen and oxygen atoms in total. The summed E-state index contributed by atoms with van der Waals surface area (Å²) in [4.78, 5) is 12.5. The predicted octanol–water partition coefficient (Wildman–Crippen LogP) is 4.91. The fourth-order valence-corrected chi connectivity index (χ4v) is 3.08. The molecule has 0 spiro atoms. The number of nitrogens with one attached hydrogen (secondary N) is 1. The maximum atomic E-state index is 12.5. The van der Waals surface area contributed by atoms with E-state index in [2.05, 4.69) is 27.9 Å². The van der Waals surface area contributed by atoms with Gasteiger partial charge < -0.3 is 14.8 Å². The maximum Gasteiger partial charge on any atom is 0.255 e. The van der Waals surface area contributed by atoms with Gasteiger partial charge in [0.05, 0.1) is 17.3 Å². The lowest BCUT2D eigenvalue weighted by Gasteiger charge is -2.14. The van der Waals surface area contributed by atoms with Crippen LogP contribution in [0.15, 0.2) is 30.3 Å². The molecule has 2 aromatic rings. The lowest BCUT2D eigenvalue weighted by atomic mass is 10.1. The minimum atomic E-state index is -0.225. The molecule has 23 heavy (non-hydrogen) atoms. The number of aryl methyl sites for hydroxylation is 1. The summed E-state index contributed by atoms with van der Waals surface area (Å²) in [6, 6.07) is 8.82. The standard InChI is InChI=1S/C17H17ClINO3/c1-4-23-15-8-11(7-13(19)16(15)22-3)17(21)20-14-9-12(18)6-5-10(14)2/h5-9H,4H2,1-3H3,(H,20,21). The Bertz CT molecular complexity index is 734. The molecular weight excluding hydrogens is 429 g/mol. The molecule has 0 saturated heterocycles. The third-order valence-corrected chi connectivity index (χ3v) is 4.26. The van der Waals surface area contributed by atoms with Crippen LogP contribution in [0.2, 0.25) is 5.02 Å². The number of hydrogen-bond acceptors (Lipinski definition) is 3. The van der Waals surface area contributed by atoms with Crippen LogP contribution in [0.3, 0.4) is 0 Å². The Hall–Kier alpha value is -1.47. The molecule has 122 valence electrons. The molecule has 0 atom stereocenters. The Kier molecular flexibility index (Phi) is 6.12. The summed E-state index contributed by atoms with van der Waals surface area (Å²) in [6.07, 6.45) is 0. The SMILES string of the molecule is CCOc1cc(C(=O)Nc2cc(Cl)ccc2C)cc(I)c1OC. The largest absolute Gasteiger partial charge is 0.492 e. The van der Waals surface area contributed by atoms with Crippen LogP contribution in [0.5, 0.6) is 11.5 Å². The van der Waals surface area contributed by atoms with Crippen molar-refractivity contribution in [3.8, 4) is 11.5 Å². The molecular formula is C17H17ClINO3. The van der Waals surface area contributed by atoms with Gasteiger partial charge in [-0.3, -0.25) is 4.79 Å². The number of halogens is 2. The van der Waals surface area contributed by atoms with E-state index in [-0.39, 0.29) is 5.91 Å². The number of amides is 1. The van der Waals surface area contributed by atoms with Gasteiger partial charge in [0.2, 0.25) is 0 Å². The molecule has 0 radical (unpaired) electrons. The summed E-state index contributed by atoms with van der Waals surface area (Å²) in [5.41, 5.74) is 2.13. The molecule has 2 aromatic carbocycles. The van der Waals surface area contributed by atoms with E-state index in [1.54, 1.807) is 31.4 Å². The Morgan fingerprint density at radius 3 is 2.70 bits per heavy atom. The van der Waals surface area contributed by atoms with E-state index in [1.807, 2.05) is 19.9 Å². The first-order chi connectivity index (χ1) is 11.0. The zero-order chi connectivity index (χ0) is 17.0. The smallest absolute Gasteiger partial charge is 0.255 e. The number of carbonyl (C=O) groups is 1. The molecule has 0 fully saturated rings. The number of hydrogen-bond donors (Lipinski definition) is 1. The van der Waals surface area contributed by atoms with Gasteiger partial charge in [-0.2, -0.15) is 0 Å². The average Bonchev–Trinajstić information content (AvgIpc) is 2.51. The summed E-state index contributed by atoms with van der Waals surface area (Å²) >= 11 is 8.11. The number of carbonyl (C=O) groups excluding carboxylic acids is 1. The summed E-state index contributed by atoms with van der Waals surface area (Å²) < 4.78 is 11.7. The van der Waals surface area contributed by atoms with Crippen LogP contribution < -0.4 is 14.8 Å². The van der Waals surface area contributed by atoms with Crippen LogP contribution in [0.1, 0.15) is 22.8 Å². The summed E-state index contributed by atoms with van der Waals surface area (Å²) in [7, 11) is 1.58. The van der Waals surface area contributed by atoms with Crippen LogP contribution in [0.25, 0.3) is 0 Å². The van der Waals surface area contributed by atoms with Gasteiger partial charge in [0, 0.05) is 16.3 Å². The Balaban J connectivity index is 2.34. The summed E-state index contributed by atoms with van der Waals surface area (Å²) in [5.74, 6) is 0.953. The fourth-order valence-electron chi connectivity index (χ4n) is 2.08. The van der Waals surface area contributed by atoms with Crippen LogP contribution in [-0.4, -0.2) is 19.6 Å². The second-order valence-corrected chi connectivity index (χ2v) is 6.43. The van der Waals surface area contributed by atoms with Crippen LogP contribution in [0.4, 0.5) is 5.69 Å². The van der Waals surface area contributed by atoms with Crippen molar-refractivity contribution < 1.29 is 14.3 Å². The summed E-state index contributed by atoms with van der Waals surface area (Å²) in [5, 5.41) is 3.45. The summed E-state index contributed by atoms with van der Waals surface area (Å²) in [6.45, 7) is 4.29. The number of ether oxygens (including phenoxy) is 2. The third kappa shape index (κ3) is 4.29. The van der Waals surface area contributed by atoms with Crippen molar-refractivity contribution in [1.82, 2.24) is 0 Å². The van der Waals surface area contributed by atoms with E-state index < -0.39 is 0 Å². The lowest BCUT2D eigenvalue weighted by Crippen LogP contribution is -2.13. The highest BCUT2D eigenvalue weighted by molar-refractivity contribution is 14.1. The highest BCUT2D eigenvalue weighted by atomic mass is 127. The Morgan fingerprint density at radius 1 is 1.30 bits per heavy atom. The molecule has 1 N–H and O–H groups in total. The van der Waals surface area contributed by atoms with Gasteiger partial charge in [-0.05, 0) is 66.3 Å². The van der Waals surface area contributed by atoms with Crippen LogP contribution in [0, 0.1) is 10.5 Å². The number of rotatable bonds is 5. The van der Waals surface area contributed by atoms with E-state index in [9.17, 15) is 4.79 Å². The predicted molar refractivity (Wildman–Crippen MR) is 101 cm³/mol. The van der Waals surface area contributed by atoms with Crippen molar-refractivity contribution >= 4 is 45.8 Å². The highest BCUT2D eigenvalue weighted by Crippen LogP contribution is 2.34.